The minimum absolute atomic E-state index is 0.0833. The minimum Gasteiger partial charge on any atom is -0.481 e. The number of aliphatic hydroxyl groups excluding tert-OH is 3. The molecule has 23 heavy (non-hydrogen) atoms. The largest absolute Gasteiger partial charge is 0.481 e. The van der Waals surface area contributed by atoms with Crippen LogP contribution in [0.3, 0.4) is 0 Å². The first kappa shape index (κ1) is 26.7. The van der Waals surface area contributed by atoms with E-state index in [1.54, 1.807) is 0 Å². The number of carboxylic acids is 2. The predicted octanol–water partition coefficient (Wildman–Crippen LogP) is 0.809. The topological polar surface area (TPSA) is 156 Å². The third-order valence-electron chi connectivity index (χ3n) is 2.69. The maximum atomic E-state index is 9.64. The number of carboxylic acid groups (broad SMARTS) is 2. The highest BCUT2D eigenvalue weighted by molar-refractivity contribution is 5.75. The van der Waals surface area contributed by atoms with Gasteiger partial charge < -0.3 is 30.6 Å². The molecular weight excluding hydrogens is 308 g/mol. The van der Waals surface area contributed by atoms with Crippen LogP contribution in [0.2, 0.25) is 0 Å². The van der Waals surface area contributed by atoms with E-state index in [0.717, 1.165) is 25.7 Å². The number of unbranched alkanes of at least 4 members (excludes halogenated alkanes) is 1. The lowest BCUT2D eigenvalue weighted by molar-refractivity contribution is -0.143. The van der Waals surface area contributed by atoms with E-state index in [2.05, 4.69) is 6.92 Å². The number of carbonyl (C=O) groups is 2. The van der Waals surface area contributed by atoms with Crippen molar-refractivity contribution < 1.29 is 40.2 Å². The van der Waals surface area contributed by atoms with Crippen molar-refractivity contribution in [2.45, 2.75) is 71.7 Å². The van der Waals surface area contributed by atoms with Gasteiger partial charge in [-0.3, -0.25) is 9.59 Å². The Kier molecular flexibility index (Phi) is 21.8. The van der Waals surface area contributed by atoms with Crippen LogP contribution < -0.4 is 0 Å². The third-order valence-corrected chi connectivity index (χ3v) is 2.69. The molecule has 8 nitrogen and oxygen atoms in total. The summed E-state index contributed by atoms with van der Waals surface area (Å²) in [6, 6.07) is 0. The summed E-state index contributed by atoms with van der Waals surface area (Å²) in [6.07, 6.45) is 1.75. The zero-order valence-electron chi connectivity index (χ0n) is 14.2. The summed E-state index contributed by atoms with van der Waals surface area (Å²) < 4.78 is 0. The molecule has 0 bridgehead atoms. The minimum atomic E-state index is -1.11. The Morgan fingerprint density at radius 3 is 1.52 bits per heavy atom. The lowest BCUT2D eigenvalue weighted by Gasteiger charge is -2.15. The van der Waals surface area contributed by atoms with E-state index >= 15 is 0 Å². The molecule has 0 aromatic heterocycles. The van der Waals surface area contributed by atoms with Crippen molar-refractivity contribution in [3.8, 4) is 0 Å². The molecule has 8 heteroatoms. The normalized spacial score (nSPS) is 12.3. The zero-order valence-corrected chi connectivity index (χ0v) is 14.2. The second-order valence-electron chi connectivity index (χ2n) is 5.04. The second kappa shape index (κ2) is 18.8. The van der Waals surface area contributed by atoms with Gasteiger partial charge in [-0.1, -0.05) is 26.7 Å². The molecular formula is C15H32O8. The molecule has 0 aliphatic heterocycles. The summed E-state index contributed by atoms with van der Waals surface area (Å²) in [5.41, 5.74) is 0. The first-order valence-electron chi connectivity index (χ1n) is 7.70. The fourth-order valence-electron chi connectivity index (χ4n) is 1.24. The molecule has 6 N–H and O–H groups in total. The van der Waals surface area contributed by atoms with Gasteiger partial charge in [0.15, 0.2) is 6.29 Å². The zero-order chi connectivity index (χ0) is 18.8. The Morgan fingerprint density at radius 1 is 0.957 bits per heavy atom. The van der Waals surface area contributed by atoms with Crippen molar-refractivity contribution >= 4 is 11.9 Å². The van der Waals surface area contributed by atoms with Crippen molar-refractivity contribution in [2.24, 2.45) is 5.92 Å². The van der Waals surface area contributed by atoms with E-state index in [0.29, 0.717) is 0 Å². The summed E-state index contributed by atoms with van der Waals surface area (Å²) in [5, 5.41) is 49.4. The summed E-state index contributed by atoms with van der Waals surface area (Å²) in [7, 11) is 0. The van der Waals surface area contributed by atoms with Crippen LogP contribution in [0, 0.1) is 5.92 Å². The van der Waals surface area contributed by atoms with Crippen LogP contribution in [0.1, 0.15) is 59.3 Å². The molecule has 0 spiro atoms. The molecule has 0 aliphatic carbocycles. The van der Waals surface area contributed by atoms with Gasteiger partial charge in [-0.25, -0.2) is 0 Å². The van der Waals surface area contributed by atoms with Gasteiger partial charge in [0.1, 0.15) is 0 Å². The van der Waals surface area contributed by atoms with E-state index in [-0.39, 0.29) is 25.4 Å². The third kappa shape index (κ3) is 29.4. The quantitative estimate of drug-likeness (QED) is 0.337. The molecule has 0 aromatic rings. The standard InChI is InChI=1S/C8H18O2.C4H6O4.C3H8O2/c1-3-5-6-7(4-2)8(9)10;5-3(6)1-2-4(7)8;1-3(5)2-4/h7-10H,3-6H2,1-2H3;1-2H2,(H,5,6)(H,7,8);3-5H,2H2,1H3. The first-order chi connectivity index (χ1) is 10.6. The van der Waals surface area contributed by atoms with Crippen LogP contribution >= 0.6 is 0 Å². The molecule has 140 valence electrons. The molecule has 0 heterocycles. The number of rotatable bonds is 9. The van der Waals surface area contributed by atoms with E-state index in [1.165, 1.54) is 6.92 Å². The molecule has 0 saturated heterocycles. The summed E-state index contributed by atoms with van der Waals surface area (Å²) in [5.74, 6) is -2.07. The SMILES string of the molecule is CC(O)CO.CCCCC(CC)C(O)O.O=C(O)CCC(=O)O. The molecule has 0 aromatic carbocycles. The van der Waals surface area contributed by atoms with Crippen LogP contribution in [0.15, 0.2) is 0 Å². The van der Waals surface area contributed by atoms with Crippen LogP contribution in [0.4, 0.5) is 0 Å². The Balaban J connectivity index is -0.000000276. The molecule has 2 atom stereocenters. The Labute approximate surface area is 137 Å². The van der Waals surface area contributed by atoms with Gasteiger partial charge in [-0.05, 0) is 19.8 Å². The van der Waals surface area contributed by atoms with E-state index in [1.807, 2.05) is 6.92 Å². The van der Waals surface area contributed by atoms with Crippen LogP contribution in [0.5, 0.6) is 0 Å². The summed E-state index contributed by atoms with van der Waals surface area (Å²) in [6.45, 7) is 5.48. The van der Waals surface area contributed by atoms with E-state index in [4.69, 9.17) is 30.6 Å². The van der Waals surface area contributed by atoms with Gasteiger partial charge in [0.2, 0.25) is 0 Å². The number of aliphatic hydroxyl groups is 4. The fraction of sp³-hybridized carbons (Fsp3) is 0.867. The van der Waals surface area contributed by atoms with Gasteiger partial charge in [0, 0.05) is 5.92 Å². The van der Waals surface area contributed by atoms with Crippen molar-refractivity contribution in [1.82, 2.24) is 0 Å². The first-order valence-corrected chi connectivity index (χ1v) is 7.70. The second-order valence-corrected chi connectivity index (χ2v) is 5.04. The van der Waals surface area contributed by atoms with Gasteiger partial charge in [-0.2, -0.15) is 0 Å². The monoisotopic (exact) mass is 340 g/mol. The Morgan fingerprint density at radius 2 is 1.35 bits per heavy atom. The van der Waals surface area contributed by atoms with E-state index in [9.17, 15) is 9.59 Å². The number of hydrogen-bond donors (Lipinski definition) is 6. The highest BCUT2D eigenvalue weighted by Gasteiger charge is 2.12. The maximum absolute atomic E-state index is 9.64. The average Bonchev–Trinajstić information content (AvgIpc) is 2.47. The van der Waals surface area contributed by atoms with Gasteiger partial charge >= 0.3 is 11.9 Å². The van der Waals surface area contributed by atoms with Crippen molar-refractivity contribution in [2.75, 3.05) is 6.61 Å². The maximum Gasteiger partial charge on any atom is 0.303 e. The van der Waals surface area contributed by atoms with Crippen molar-refractivity contribution in [3.05, 3.63) is 0 Å². The molecule has 0 saturated carbocycles. The molecule has 0 radical (unpaired) electrons. The van der Waals surface area contributed by atoms with Gasteiger partial charge in [0.05, 0.1) is 25.6 Å². The molecule has 0 rings (SSSR count). The number of aliphatic carboxylic acids is 2. The highest BCUT2D eigenvalue weighted by Crippen LogP contribution is 2.14. The van der Waals surface area contributed by atoms with Gasteiger partial charge in [0.25, 0.3) is 0 Å². The predicted molar refractivity (Wildman–Crippen MR) is 84.8 cm³/mol. The van der Waals surface area contributed by atoms with Crippen LogP contribution in [-0.4, -0.2) is 61.6 Å². The van der Waals surface area contributed by atoms with Crippen LogP contribution in [0.25, 0.3) is 0 Å². The summed E-state index contributed by atoms with van der Waals surface area (Å²) >= 11 is 0. The Bertz CT molecular complexity index is 265. The Hall–Kier alpha value is -1.22. The molecule has 0 fully saturated rings. The summed E-state index contributed by atoms with van der Waals surface area (Å²) in [4.78, 5) is 19.3. The average molecular weight is 340 g/mol. The van der Waals surface area contributed by atoms with Gasteiger partial charge in [-0.15, -0.1) is 0 Å². The van der Waals surface area contributed by atoms with Crippen LogP contribution in [-0.2, 0) is 9.59 Å². The van der Waals surface area contributed by atoms with Crippen molar-refractivity contribution in [1.29, 1.82) is 0 Å². The number of hydrogen-bond acceptors (Lipinski definition) is 6. The lowest BCUT2D eigenvalue weighted by Crippen LogP contribution is -2.18. The molecule has 0 aliphatic rings. The molecule has 0 amide bonds. The van der Waals surface area contributed by atoms with Crippen molar-refractivity contribution in [3.63, 3.8) is 0 Å². The fourth-order valence-corrected chi connectivity index (χ4v) is 1.24. The highest BCUT2D eigenvalue weighted by atomic mass is 16.5. The smallest absolute Gasteiger partial charge is 0.303 e. The van der Waals surface area contributed by atoms with E-state index < -0.39 is 24.3 Å². The molecule has 2 unspecified atom stereocenters. The lowest BCUT2D eigenvalue weighted by atomic mass is 9.99.